The van der Waals surface area contributed by atoms with Crippen LogP contribution in [0.15, 0.2) is 22.7 Å². The van der Waals surface area contributed by atoms with Crippen molar-refractivity contribution in [1.29, 1.82) is 0 Å². The number of nitrogens with zero attached hydrogens (tertiary/aromatic N) is 2. The summed E-state index contributed by atoms with van der Waals surface area (Å²) >= 11 is 9.07. The van der Waals surface area contributed by atoms with Crippen LogP contribution in [0.1, 0.15) is 5.82 Å². The molecule has 1 aromatic heterocycles. The molecule has 8 heteroatoms. The van der Waals surface area contributed by atoms with Gasteiger partial charge in [0.2, 0.25) is 0 Å². The van der Waals surface area contributed by atoms with Gasteiger partial charge >= 0.3 is 5.51 Å². The van der Waals surface area contributed by atoms with Gasteiger partial charge in [-0.3, -0.25) is 0 Å². The molecule has 0 spiro atoms. The first kappa shape index (κ1) is 16.0. The first-order chi connectivity index (χ1) is 9.40. The largest absolute Gasteiger partial charge is 0.441 e. The van der Waals surface area contributed by atoms with E-state index in [1.165, 1.54) is 0 Å². The van der Waals surface area contributed by atoms with Crippen molar-refractivity contribution in [2.75, 3.05) is 11.6 Å². The van der Waals surface area contributed by atoms with Crippen LogP contribution in [0.2, 0.25) is 0 Å². The highest BCUT2D eigenvalue weighted by atomic mass is 79.9. The first-order valence-electron chi connectivity index (χ1n) is 5.82. The van der Waals surface area contributed by atoms with Crippen molar-refractivity contribution in [3.8, 4) is 0 Å². The maximum atomic E-state index is 12.2. The maximum absolute atomic E-state index is 12.2. The van der Waals surface area contributed by atoms with E-state index in [0.29, 0.717) is 12.3 Å². The molecule has 0 aliphatic rings. The van der Waals surface area contributed by atoms with Crippen LogP contribution in [0.5, 0.6) is 0 Å². The monoisotopic (exact) mass is 386 g/mol. The fourth-order valence-electron chi connectivity index (χ4n) is 1.92. The Labute approximate surface area is 131 Å². The van der Waals surface area contributed by atoms with E-state index in [-0.39, 0.29) is 24.1 Å². The Morgan fingerprint density at radius 1 is 1.35 bits per heavy atom. The molecule has 2 aromatic rings. The van der Waals surface area contributed by atoms with E-state index >= 15 is 0 Å². The zero-order chi connectivity index (χ0) is 14.8. The summed E-state index contributed by atoms with van der Waals surface area (Å²) in [6.45, 7) is 0.253. The maximum Gasteiger partial charge on any atom is 0.441 e. The molecule has 20 heavy (non-hydrogen) atoms. The van der Waals surface area contributed by atoms with E-state index in [1.54, 1.807) is 4.57 Å². The zero-order valence-corrected chi connectivity index (χ0v) is 13.4. The number of imidazole rings is 1. The quantitative estimate of drug-likeness (QED) is 0.684. The molecule has 2 rings (SSSR count). The van der Waals surface area contributed by atoms with Gasteiger partial charge in [-0.05, 0) is 30.0 Å². The van der Waals surface area contributed by atoms with Crippen molar-refractivity contribution in [1.82, 2.24) is 9.55 Å². The molecule has 0 atom stereocenters. The standard InChI is InChI=1S/C12H11BrClF3N2S/c13-8-1-2-9-10(7-8)19(11(18-9)3-4-14)5-6-20-12(15,16)17/h1-2,7H,3-6H2. The molecule has 2 nitrogen and oxygen atoms in total. The van der Waals surface area contributed by atoms with Gasteiger partial charge in [0, 0.05) is 29.1 Å². The van der Waals surface area contributed by atoms with Gasteiger partial charge in [-0.1, -0.05) is 15.9 Å². The topological polar surface area (TPSA) is 17.8 Å². The van der Waals surface area contributed by atoms with E-state index in [4.69, 9.17) is 11.6 Å². The molecule has 0 aliphatic carbocycles. The molecular weight excluding hydrogens is 377 g/mol. The molecule has 0 aliphatic heterocycles. The Bertz CT molecular complexity index is 600. The Morgan fingerprint density at radius 2 is 2.10 bits per heavy atom. The summed E-state index contributed by atoms with van der Waals surface area (Å²) in [7, 11) is 0. The summed E-state index contributed by atoms with van der Waals surface area (Å²) < 4.78 is 39.3. The lowest BCUT2D eigenvalue weighted by Crippen LogP contribution is -2.10. The summed E-state index contributed by atoms with van der Waals surface area (Å²) in [6, 6.07) is 5.55. The van der Waals surface area contributed by atoms with Crippen molar-refractivity contribution in [2.24, 2.45) is 0 Å². The second-order valence-corrected chi connectivity index (χ2v) is 6.50. The van der Waals surface area contributed by atoms with Gasteiger partial charge in [0.15, 0.2) is 0 Å². The summed E-state index contributed by atoms with van der Waals surface area (Å²) in [4.78, 5) is 4.43. The lowest BCUT2D eigenvalue weighted by Gasteiger charge is -2.10. The van der Waals surface area contributed by atoms with Gasteiger partial charge in [-0.15, -0.1) is 11.6 Å². The van der Waals surface area contributed by atoms with Crippen molar-refractivity contribution in [3.63, 3.8) is 0 Å². The molecular formula is C12H11BrClF3N2S. The molecule has 1 heterocycles. The van der Waals surface area contributed by atoms with E-state index in [9.17, 15) is 13.2 Å². The van der Waals surface area contributed by atoms with Gasteiger partial charge in [-0.2, -0.15) is 13.2 Å². The van der Waals surface area contributed by atoms with Gasteiger partial charge in [0.1, 0.15) is 5.82 Å². The van der Waals surface area contributed by atoms with Crippen molar-refractivity contribution < 1.29 is 13.2 Å². The minimum absolute atomic E-state index is 0.0220. The number of fused-ring (bicyclic) bond motifs is 1. The Kier molecular flexibility index (Phi) is 5.25. The SMILES string of the molecule is FC(F)(F)SCCn1c(CCCl)nc2ccc(Br)cc21. The second kappa shape index (κ2) is 6.58. The highest BCUT2D eigenvalue weighted by Gasteiger charge is 2.27. The van der Waals surface area contributed by atoms with E-state index in [2.05, 4.69) is 20.9 Å². The molecule has 0 saturated carbocycles. The predicted octanol–water partition coefficient (Wildman–Crippen LogP) is 4.83. The molecule has 0 bridgehead atoms. The number of thioether (sulfide) groups is 1. The number of benzene rings is 1. The highest BCUT2D eigenvalue weighted by Crippen LogP contribution is 2.31. The molecule has 0 N–H and O–H groups in total. The van der Waals surface area contributed by atoms with E-state index in [0.717, 1.165) is 21.3 Å². The van der Waals surface area contributed by atoms with Crippen LogP contribution >= 0.6 is 39.3 Å². The molecule has 1 aromatic carbocycles. The zero-order valence-electron chi connectivity index (χ0n) is 10.3. The third kappa shape index (κ3) is 4.05. The van der Waals surface area contributed by atoms with Gasteiger partial charge in [0.25, 0.3) is 0 Å². The summed E-state index contributed by atoms with van der Waals surface area (Å²) in [5.41, 5.74) is -2.61. The molecule has 0 fully saturated rings. The Morgan fingerprint density at radius 3 is 2.75 bits per heavy atom. The van der Waals surface area contributed by atoms with Crippen LogP contribution < -0.4 is 0 Å². The number of hydrogen-bond acceptors (Lipinski definition) is 2. The Balaban J connectivity index is 2.28. The fourth-order valence-corrected chi connectivity index (χ4v) is 2.95. The normalized spacial score (nSPS) is 12.2. The number of alkyl halides is 4. The van der Waals surface area contributed by atoms with Crippen molar-refractivity contribution in [3.05, 3.63) is 28.5 Å². The average Bonchev–Trinajstić information content (AvgIpc) is 2.66. The lowest BCUT2D eigenvalue weighted by molar-refractivity contribution is -0.0328. The molecule has 0 radical (unpaired) electrons. The number of halogens is 5. The van der Waals surface area contributed by atoms with Crippen LogP contribution in [0.3, 0.4) is 0 Å². The second-order valence-electron chi connectivity index (χ2n) is 4.05. The van der Waals surface area contributed by atoms with Gasteiger partial charge in [-0.25, -0.2) is 4.98 Å². The Hall–Kier alpha value is -0.400. The molecule has 110 valence electrons. The van der Waals surface area contributed by atoms with Crippen LogP contribution in [-0.4, -0.2) is 26.7 Å². The van der Waals surface area contributed by atoms with Gasteiger partial charge in [0.05, 0.1) is 11.0 Å². The molecule has 0 saturated heterocycles. The smallest absolute Gasteiger partial charge is 0.327 e. The average molecular weight is 388 g/mol. The van der Waals surface area contributed by atoms with Gasteiger partial charge < -0.3 is 4.57 Å². The first-order valence-corrected chi connectivity index (χ1v) is 8.13. The molecule has 0 amide bonds. The summed E-state index contributed by atoms with van der Waals surface area (Å²) in [5, 5.41) is 0. The number of aryl methyl sites for hydroxylation is 2. The minimum Gasteiger partial charge on any atom is -0.327 e. The minimum atomic E-state index is -4.20. The van der Waals surface area contributed by atoms with Crippen LogP contribution in [0.4, 0.5) is 13.2 Å². The lowest BCUT2D eigenvalue weighted by atomic mass is 10.3. The highest BCUT2D eigenvalue weighted by molar-refractivity contribution is 9.10. The number of aromatic nitrogens is 2. The summed E-state index contributed by atoms with van der Waals surface area (Å²) in [6.07, 6.45) is 0.532. The third-order valence-electron chi connectivity index (χ3n) is 2.69. The van der Waals surface area contributed by atoms with Crippen LogP contribution in [0.25, 0.3) is 11.0 Å². The fraction of sp³-hybridized carbons (Fsp3) is 0.417. The molecule has 0 unspecified atom stereocenters. The summed E-state index contributed by atoms with van der Waals surface area (Å²) in [5.74, 6) is 1.06. The van der Waals surface area contributed by atoms with Crippen LogP contribution in [-0.2, 0) is 13.0 Å². The predicted molar refractivity (Wildman–Crippen MR) is 80.4 cm³/mol. The number of hydrogen-bond donors (Lipinski definition) is 0. The van der Waals surface area contributed by atoms with E-state index in [1.807, 2.05) is 18.2 Å². The van der Waals surface area contributed by atoms with Crippen molar-refractivity contribution in [2.45, 2.75) is 18.5 Å². The van der Waals surface area contributed by atoms with Crippen LogP contribution in [0, 0.1) is 0 Å². The third-order valence-corrected chi connectivity index (χ3v) is 4.08. The van der Waals surface area contributed by atoms with E-state index < -0.39 is 5.51 Å². The number of rotatable bonds is 5. The van der Waals surface area contributed by atoms with Crippen molar-refractivity contribution >= 4 is 50.3 Å².